The lowest BCUT2D eigenvalue weighted by molar-refractivity contribution is 0.110. The van der Waals surface area contributed by atoms with Crippen molar-refractivity contribution in [3.63, 3.8) is 0 Å². The number of rotatable bonds is 2. The Balaban J connectivity index is 2.24. The molecule has 1 aliphatic rings. The molecule has 2 rings (SSSR count). The SMILES string of the molecule is CCCc1ccc2c(c1)CCOC2. The second-order valence-corrected chi connectivity index (χ2v) is 3.66. The Labute approximate surface area is 79.7 Å². The summed E-state index contributed by atoms with van der Waals surface area (Å²) in [7, 11) is 0. The topological polar surface area (TPSA) is 9.23 Å². The molecule has 1 aliphatic heterocycles. The molecule has 0 spiro atoms. The van der Waals surface area contributed by atoms with Crippen molar-refractivity contribution in [3.8, 4) is 0 Å². The number of benzene rings is 1. The van der Waals surface area contributed by atoms with E-state index in [0.29, 0.717) is 0 Å². The van der Waals surface area contributed by atoms with Gasteiger partial charge in [-0.1, -0.05) is 31.5 Å². The normalized spacial score (nSPS) is 15.5. The standard InChI is InChI=1S/C12H16O/c1-2-3-10-4-5-12-9-13-7-6-11(12)8-10/h4-5,8H,2-3,6-7,9H2,1H3. The van der Waals surface area contributed by atoms with Crippen LogP contribution in [0.25, 0.3) is 0 Å². The maximum absolute atomic E-state index is 5.40. The van der Waals surface area contributed by atoms with E-state index in [9.17, 15) is 0 Å². The van der Waals surface area contributed by atoms with Crippen LogP contribution in [0.2, 0.25) is 0 Å². The second-order valence-electron chi connectivity index (χ2n) is 3.66. The molecule has 1 heterocycles. The van der Waals surface area contributed by atoms with E-state index in [-0.39, 0.29) is 0 Å². The fourth-order valence-electron chi connectivity index (χ4n) is 1.86. The van der Waals surface area contributed by atoms with E-state index in [1.54, 1.807) is 0 Å². The van der Waals surface area contributed by atoms with Crippen LogP contribution in [0.1, 0.15) is 30.0 Å². The average Bonchev–Trinajstić information content (AvgIpc) is 2.18. The lowest BCUT2D eigenvalue weighted by atomic mass is 9.98. The molecule has 1 aromatic rings. The van der Waals surface area contributed by atoms with Gasteiger partial charge >= 0.3 is 0 Å². The van der Waals surface area contributed by atoms with Gasteiger partial charge in [-0.3, -0.25) is 0 Å². The third-order valence-corrected chi connectivity index (χ3v) is 2.58. The van der Waals surface area contributed by atoms with Crippen LogP contribution >= 0.6 is 0 Å². The molecule has 0 radical (unpaired) electrons. The molecule has 13 heavy (non-hydrogen) atoms. The Morgan fingerprint density at radius 2 is 2.23 bits per heavy atom. The van der Waals surface area contributed by atoms with E-state index in [4.69, 9.17) is 4.74 Å². The molecule has 1 aromatic carbocycles. The van der Waals surface area contributed by atoms with E-state index < -0.39 is 0 Å². The molecule has 0 amide bonds. The quantitative estimate of drug-likeness (QED) is 0.673. The molecule has 0 saturated heterocycles. The van der Waals surface area contributed by atoms with E-state index >= 15 is 0 Å². The van der Waals surface area contributed by atoms with Crippen LogP contribution in [-0.2, 0) is 24.2 Å². The van der Waals surface area contributed by atoms with E-state index in [0.717, 1.165) is 19.6 Å². The summed E-state index contributed by atoms with van der Waals surface area (Å²) in [6.07, 6.45) is 3.52. The number of fused-ring (bicyclic) bond motifs is 1. The van der Waals surface area contributed by atoms with Gasteiger partial charge in [0.25, 0.3) is 0 Å². The first-order valence-corrected chi connectivity index (χ1v) is 5.08. The number of aryl methyl sites for hydroxylation is 1. The minimum atomic E-state index is 0.807. The van der Waals surface area contributed by atoms with Gasteiger partial charge < -0.3 is 4.74 Å². The van der Waals surface area contributed by atoms with Gasteiger partial charge in [-0.05, 0) is 29.5 Å². The Hall–Kier alpha value is -0.820. The molecule has 70 valence electrons. The Morgan fingerprint density at radius 1 is 1.31 bits per heavy atom. The van der Waals surface area contributed by atoms with Gasteiger partial charge in [0.1, 0.15) is 0 Å². The third-order valence-electron chi connectivity index (χ3n) is 2.58. The minimum absolute atomic E-state index is 0.807. The zero-order valence-corrected chi connectivity index (χ0v) is 8.18. The summed E-state index contributed by atoms with van der Waals surface area (Å²) in [5.41, 5.74) is 4.35. The van der Waals surface area contributed by atoms with E-state index in [2.05, 4.69) is 25.1 Å². The third kappa shape index (κ3) is 1.92. The highest BCUT2D eigenvalue weighted by Crippen LogP contribution is 2.18. The summed E-state index contributed by atoms with van der Waals surface area (Å²) in [5, 5.41) is 0. The van der Waals surface area contributed by atoms with Crippen molar-refractivity contribution >= 4 is 0 Å². The van der Waals surface area contributed by atoms with E-state index in [1.807, 2.05) is 0 Å². The van der Waals surface area contributed by atoms with Crippen LogP contribution in [0.3, 0.4) is 0 Å². The maximum Gasteiger partial charge on any atom is 0.0719 e. The van der Waals surface area contributed by atoms with Crippen molar-refractivity contribution in [2.45, 2.75) is 32.8 Å². The zero-order chi connectivity index (χ0) is 9.10. The summed E-state index contributed by atoms with van der Waals surface area (Å²) < 4.78 is 5.40. The highest BCUT2D eigenvalue weighted by molar-refractivity contribution is 5.32. The Morgan fingerprint density at radius 3 is 3.08 bits per heavy atom. The van der Waals surface area contributed by atoms with Crippen LogP contribution in [0.4, 0.5) is 0 Å². The van der Waals surface area contributed by atoms with Crippen molar-refractivity contribution in [2.24, 2.45) is 0 Å². The van der Waals surface area contributed by atoms with Gasteiger partial charge in [-0.2, -0.15) is 0 Å². The molecule has 0 aliphatic carbocycles. The van der Waals surface area contributed by atoms with Crippen LogP contribution in [0.15, 0.2) is 18.2 Å². The highest BCUT2D eigenvalue weighted by Gasteiger charge is 2.08. The van der Waals surface area contributed by atoms with Crippen molar-refractivity contribution < 1.29 is 4.74 Å². The summed E-state index contributed by atoms with van der Waals surface area (Å²) in [6, 6.07) is 6.80. The molecule has 0 N–H and O–H groups in total. The van der Waals surface area contributed by atoms with Gasteiger partial charge in [-0.25, -0.2) is 0 Å². The molecule has 1 heteroatoms. The maximum atomic E-state index is 5.40. The second kappa shape index (κ2) is 3.93. The first-order chi connectivity index (χ1) is 6.40. The molecule has 0 unspecified atom stereocenters. The molecule has 0 aromatic heterocycles. The molecule has 0 atom stereocenters. The minimum Gasteiger partial charge on any atom is -0.376 e. The fraction of sp³-hybridized carbons (Fsp3) is 0.500. The smallest absolute Gasteiger partial charge is 0.0719 e. The first kappa shape index (κ1) is 8.76. The van der Waals surface area contributed by atoms with Crippen molar-refractivity contribution in [3.05, 3.63) is 34.9 Å². The lowest BCUT2D eigenvalue weighted by Gasteiger charge is -2.17. The van der Waals surface area contributed by atoms with Crippen LogP contribution in [0.5, 0.6) is 0 Å². The molecule has 1 nitrogen and oxygen atoms in total. The van der Waals surface area contributed by atoms with Crippen molar-refractivity contribution in [2.75, 3.05) is 6.61 Å². The van der Waals surface area contributed by atoms with Gasteiger partial charge in [0.05, 0.1) is 13.2 Å². The summed E-state index contributed by atoms with van der Waals surface area (Å²) in [5.74, 6) is 0. The Bertz CT molecular complexity index is 291. The lowest BCUT2D eigenvalue weighted by Crippen LogP contribution is -2.09. The van der Waals surface area contributed by atoms with Gasteiger partial charge in [0.2, 0.25) is 0 Å². The van der Waals surface area contributed by atoms with Crippen LogP contribution < -0.4 is 0 Å². The van der Waals surface area contributed by atoms with E-state index in [1.165, 1.54) is 29.5 Å². The molecular weight excluding hydrogens is 160 g/mol. The number of ether oxygens (including phenoxy) is 1. The van der Waals surface area contributed by atoms with Crippen LogP contribution in [0, 0.1) is 0 Å². The molecule has 0 bridgehead atoms. The van der Waals surface area contributed by atoms with Gasteiger partial charge in [-0.15, -0.1) is 0 Å². The molecular formula is C12H16O. The number of hydrogen-bond acceptors (Lipinski definition) is 1. The van der Waals surface area contributed by atoms with Crippen LogP contribution in [-0.4, -0.2) is 6.61 Å². The van der Waals surface area contributed by atoms with Gasteiger partial charge in [0, 0.05) is 0 Å². The summed E-state index contributed by atoms with van der Waals surface area (Å²) in [6.45, 7) is 3.92. The fourth-order valence-corrected chi connectivity index (χ4v) is 1.86. The summed E-state index contributed by atoms with van der Waals surface area (Å²) >= 11 is 0. The largest absolute Gasteiger partial charge is 0.376 e. The van der Waals surface area contributed by atoms with Crippen molar-refractivity contribution in [1.29, 1.82) is 0 Å². The molecule has 0 saturated carbocycles. The number of hydrogen-bond donors (Lipinski definition) is 0. The monoisotopic (exact) mass is 176 g/mol. The summed E-state index contributed by atoms with van der Waals surface area (Å²) in [4.78, 5) is 0. The molecule has 0 fully saturated rings. The average molecular weight is 176 g/mol. The van der Waals surface area contributed by atoms with Crippen molar-refractivity contribution in [1.82, 2.24) is 0 Å². The highest BCUT2D eigenvalue weighted by atomic mass is 16.5. The zero-order valence-electron chi connectivity index (χ0n) is 8.18. The first-order valence-electron chi connectivity index (χ1n) is 5.08. The predicted molar refractivity (Wildman–Crippen MR) is 53.8 cm³/mol. The Kier molecular flexibility index (Phi) is 2.65. The predicted octanol–water partition coefficient (Wildman–Crippen LogP) is 2.71. The van der Waals surface area contributed by atoms with Gasteiger partial charge in [0.15, 0.2) is 0 Å².